The minimum atomic E-state index is -1.36. The molecule has 6 unspecified atom stereocenters. The Balaban J connectivity index is 1.69. The van der Waals surface area contributed by atoms with E-state index in [2.05, 4.69) is 18.3 Å². The molecule has 0 amide bonds. The smallest absolute Gasteiger partial charge is 0.184 e. The van der Waals surface area contributed by atoms with Crippen LogP contribution in [0.15, 0.2) is 60.7 Å². The number of aliphatic hydroxyl groups excluding tert-OH is 2. The zero-order valence-corrected chi connectivity index (χ0v) is 22.0. The molecular formula is C30H38N4O4. The zero-order valence-electron chi connectivity index (χ0n) is 22.0. The summed E-state index contributed by atoms with van der Waals surface area (Å²) in [5.74, 6) is -2.50. The van der Waals surface area contributed by atoms with E-state index in [0.29, 0.717) is 11.3 Å². The second-order valence-corrected chi connectivity index (χ2v) is 9.99. The number of allylic oxidation sites excluding steroid dienone is 2. The highest BCUT2D eigenvalue weighted by molar-refractivity contribution is 5.85. The molecule has 4 rings (SSSR count). The molecule has 6 atom stereocenters. The van der Waals surface area contributed by atoms with Gasteiger partial charge in [-0.15, -0.1) is 0 Å². The normalized spacial score (nSPS) is 25.8. The van der Waals surface area contributed by atoms with E-state index in [9.17, 15) is 20.4 Å². The lowest BCUT2D eigenvalue weighted by molar-refractivity contribution is -0.0494. The summed E-state index contributed by atoms with van der Waals surface area (Å²) in [7, 11) is 0. The van der Waals surface area contributed by atoms with Crippen LogP contribution in [-0.4, -0.2) is 44.7 Å². The van der Waals surface area contributed by atoms with E-state index in [1.165, 1.54) is 5.57 Å². The van der Waals surface area contributed by atoms with Crippen molar-refractivity contribution in [3.05, 3.63) is 82.9 Å². The molecule has 38 heavy (non-hydrogen) atoms. The minimum Gasteiger partial charge on any atom is -0.504 e. The van der Waals surface area contributed by atoms with E-state index < -0.39 is 47.6 Å². The molecule has 0 bridgehead atoms. The van der Waals surface area contributed by atoms with Gasteiger partial charge in [-0.3, -0.25) is 0 Å². The fourth-order valence-electron chi connectivity index (χ4n) is 5.72. The van der Waals surface area contributed by atoms with Crippen LogP contribution >= 0.6 is 0 Å². The molecule has 1 fully saturated rings. The molecule has 0 saturated heterocycles. The molecule has 1 saturated carbocycles. The van der Waals surface area contributed by atoms with E-state index in [0.717, 1.165) is 17.5 Å². The Morgan fingerprint density at radius 3 is 2.05 bits per heavy atom. The van der Waals surface area contributed by atoms with Gasteiger partial charge in [0.05, 0.1) is 17.9 Å². The molecule has 202 valence electrons. The van der Waals surface area contributed by atoms with Gasteiger partial charge in [-0.25, -0.2) is 0 Å². The van der Waals surface area contributed by atoms with Gasteiger partial charge in [0.1, 0.15) is 5.69 Å². The summed E-state index contributed by atoms with van der Waals surface area (Å²) in [6, 6.07) is 15.3. The van der Waals surface area contributed by atoms with Crippen molar-refractivity contribution in [3.63, 3.8) is 0 Å². The van der Waals surface area contributed by atoms with Crippen LogP contribution in [-0.2, 0) is 0 Å². The van der Waals surface area contributed by atoms with Gasteiger partial charge in [0.2, 0.25) is 0 Å². The van der Waals surface area contributed by atoms with Crippen LogP contribution in [0.1, 0.15) is 54.4 Å². The minimum absolute atomic E-state index is 0.143. The summed E-state index contributed by atoms with van der Waals surface area (Å²) in [6.45, 7) is 5.77. The van der Waals surface area contributed by atoms with Crippen molar-refractivity contribution in [2.45, 2.75) is 63.3 Å². The first kappa shape index (κ1) is 27.5. The number of benzene rings is 3. The van der Waals surface area contributed by atoms with Crippen LogP contribution in [0.5, 0.6) is 11.5 Å². The number of phenolic OH excluding ortho intramolecular Hbond substituents is 2. The Morgan fingerprint density at radius 1 is 0.895 bits per heavy atom. The molecule has 0 aliphatic heterocycles. The topological polar surface area (TPSA) is 171 Å². The SMILES string of the molecule is CC=C(CC)c1ccc(Nc2c(N)c(C)c(C3C(N)C(N)C(c4ccccc4)C(O)C3O)c(O)c2O)cc1. The predicted molar refractivity (Wildman–Crippen MR) is 152 cm³/mol. The van der Waals surface area contributed by atoms with Crippen molar-refractivity contribution in [1.82, 2.24) is 0 Å². The Kier molecular flexibility index (Phi) is 7.99. The molecule has 0 spiro atoms. The third-order valence-electron chi connectivity index (χ3n) is 7.93. The third-order valence-corrected chi connectivity index (χ3v) is 7.93. The molecule has 0 radical (unpaired) electrons. The summed E-state index contributed by atoms with van der Waals surface area (Å²) < 4.78 is 0. The number of nitrogens with two attached hydrogens (primary N) is 3. The number of nitrogen functional groups attached to an aromatic ring is 1. The average Bonchev–Trinajstić information content (AvgIpc) is 2.93. The maximum absolute atomic E-state index is 11.2. The van der Waals surface area contributed by atoms with Crippen LogP contribution in [0.25, 0.3) is 5.57 Å². The molecule has 8 nitrogen and oxygen atoms in total. The van der Waals surface area contributed by atoms with Gasteiger partial charge in [0, 0.05) is 35.2 Å². The second kappa shape index (κ2) is 11.0. The first-order valence-corrected chi connectivity index (χ1v) is 12.9. The van der Waals surface area contributed by atoms with Crippen molar-refractivity contribution in [1.29, 1.82) is 0 Å². The number of hydrogen-bond acceptors (Lipinski definition) is 8. The van der Waals surface area contributed by atoms with Crippen molar-refractivity contribution < 1.29 is 20.4 Å². The first-order chi connectivity index (χ1) is 18.1. The largest absolute Gasteiger partial charge is 0.504 e. The summed E-state index contributed by atoms with van der Waals surface area (Å²) in [4.78, 5) is 0. The molecule has 0 heterocycles. The third kappa shape index (κ3) is 4.72. The number of phenols is 2. The molecule has 8 heteroatoms. The van der Waals surface area contributed by atoms with Gasteiger partial charge < -0.3 is 42.9 Å². The van der Waals surface area contributed by atoms with E-state index >= 15 is 0 Å². The summed E-state index contributed by atoms with van der Waals surface area (Å²) in [6.07, 6.45) is 0.372. The molecule has 3 aromatic rings. The Hall–Kier alpha value is -3.56. The Labute approximate surface area is 223 Å². The summed E-state index contributed by atoms with van der Waals surface area (Å²) in [5, 5.41) is 47.6. The van der Waals surface area contributed by atoms with E-state index in [1.807, 2.05) is 61.5 Å². The highest BCUT2D eigenvalue weighted by Gasteiger charge is 2.49. The van der Waals surface area contributed by atoms with Gasteiger partial charge >= 0.3 is 0 Å². The quantitative estimate of drug-likeness (QED) is 0.138. The number of hydrogen-bond donors (Lipinski definition) is 8. The van der Waals surface area contributed by atoms with Crippen molar-refractivity contribution in [2.75, 3.05) is 11.1 Å². The van der Waals surface area contributed by atoms with Crippen molar-refractivity contribution in [3.8, 4) is 11.5 Å². The van der Waals surface area contributed by atoms with Crippen LogP contribution < -0.4 is 22.5 Å². The molecule has 0 aromatic heterocycles. The van der Waals surface area contributed by atoms with E-state index in [1.54, 1.807) is 6.92 Å². The van der Waals surface area contributed by atoms with E-state index in [-0.39, 0.29) is 16.9 Å². The molecule has 3 aromatic carbocycles. The van der Waals surface area contributed by atoms with Crippen LogP contribution in [0.4, 0.5) is 17.1 Å². The van der Waals surface area contributed by atoms with Gasteiger partial charge in [-0.2, -0.15) is 0 Å². The monoisotopic (exact) mass is 518 g/mol. The van der Waals surface area contributed by atoms with E-state index in [4.69, 9.17) is 17.2 Å². The van der Waals surface area contributed by atoms with Crippen LogP contribution in [0.3, 0.4) is 0 Å². The molecular weight excluding hydrogens is 480 g/mol. The lowest BCUT2D eigenvalue weighted by atomic mass is 9.66. The summed E-state index contributed by atoms with van der Waals surface area (Å²) >= 11 is 0. The van der Waals surface area contributed by atoms with Gasteiger partial charge in [-0.1, -0.05) is 55.5 Å². The lowest BCUT2D eigenvalue weighted by Crippen LogP contribution is -2.62. The van der Waals surface area contributed by atoms with Crippen molar-refractivity contribution >= 4 is 22.6 Å². The number of anilines is 3. The second-order valence-electron chi connectivity index (χ2n) is 9.99. The maximum Gasteiger partial charge on any atom is 0.184 e. The Bertz CT molecular complexity index is 1270. The fraction of sp³-hybridized carbons (Fsp3) is 0.333. The maximum atomic E-state index is 11.2. The molecule has 1 aliphatic carbocycles. The zero-order chi connectivity index (χ0) is 27.7. The molecule has 1 aliphatic rings. The summed E-state index contributed by atoms with van der Waals surface area (Å²) in [5.41, 5.74) is 24.2. The van der Waals surface area contributed by atoms with Crippen molar-refractivity contribution in [2.24, 2.45) is 11.5 Å². The number of aliphatic hydroxyl groups is 2. The first-order valence-electron chi connectivity index (χ1n) is 12.9. The van der Waals surface area contributed by atoms with Crippen LogP contribution in [0.2, 0.25) is 0 Å². The van der Waals surface area contributed by atoms with Crippen LogP contribution in [0, 0.1) is 6.92 Å². The predicted octanol–water partition coefficient (Wildman–Crippen LogP) is 3.80. The highest BCUT2D eigenvalue weighted by Crippen LogP contribution is 2.51. The average molecular weight is 519 g/mol. The fourth-order valence-corrected chi connectivity index (χ4v) is 5.72. The number of rotatable bonds is 6. The Morgan fingerprint density at radius 2 is 1.47 bits per heavy atom. The number of aromatic hydroxyl groups is 2. The highest BCUT2D eigenvalue weighted by atomic mass is 16.3. The standard InChI is InChI=1S/C30H38N4O4/c1-4-16(5-2)17-11-13-19(14-12-17)34-26-23(31)15(3)20(27(35)30(26)38)22-25(33)24(32)21(28(36)29(22)37)18-9-7-6-8-10-18/h4,6-14,21-22,24-25,28-29,34-38H,5,31-33H2,1-3H3. The van der Waals surface area contributed by atoms with Gasteiger partial charge in [0.15, 0.2) is 11.5 Å². The molecule has 11 N–H and O–H groups in total. The van der Waals surface area contributed by atoms with Gasteiger partial charge in [-0.05, 0) is 54.7 Å². The number of nitrogens with one attached hydrogen (secondary N) is 1. The van der Waals surface area contributed by atoms with Gasteiger partial charge in [0.25, 0.3) is 0 Å². The lowest BCUT2D eigenvalue weighted by Gasteiger charge is -2.46.